The first kappa shape index (κ1) is 26.0. The summed E-state index contributed by atoms with van der Waals surface area (Å²) in [7, 11) is 1.71. The van der Waals surface area contributed by atoms with E-state index in [1.54, 1.807) is 13.2 Å². The predicted octanol–water partition coefficient (Wildman–Crippen LogP) is 6.99. The molecule has 2 aromatic rings. The molecular weight excluding hydrogens is 450 g/mol. The van der Waals surface area contributed by atoms with Crippen molar-refractivity contribution >= 4 is 23.6 Å². The number of rotatable bonds is 8. The summed E-state index contributed by atoms with van der Waals surface area (Å²) in [5, 5.41) is 9.02. The fourth-order valence-corrected chi connectivity index (χ4v) is 5.95. The van der Waals surface area contributed by atoms with Crippen LogP contribution < -0.4 is 9.64 Å². The van der Waals surface area contributed by atoms with Crippen molar-refractivity contribution < 1.29 is 19.4 Å². The second kappa shape index (κ2) is 12.2. The number of nitrogens with zero attached hydrogens (tertiary/aromatic N) is 1. The number of methoxy groups -OCH3 is 1. The average Bonchev–Trinajstić information content (AvgIpc) is 2.91. The molecule has 0 aliphatic heterocycles. The van der Waals surface area contributed by atoms with Crippen LogP contribution in [0, 0.1) is 18.8 Å². The molecule has 0 heterocycles. The smallest absolute Gasteiger partial charge is 0.328 e. The van der Waals surface area contributed by atoms with Gasteiger partial charge >= 0.3 is 5.97 Å². The number of anilines is 1. The van der Waals surface area contributed by atoms with E-state index < -0.39 is 5.97 Å². The number of carboxylic acid groups (broad SMARTS) is 1. The lowest BCUT2D eigenvalue weighted by molar-refractivity contribution is -0.131. The van der Waals surface area contributed by atoms with Crippen molar-refractivity contribution in [2.45, 2.75) is 70.6 Å². The maximum atomic E-state index is 13.7. The van der Waals surface area contributed by atoms with E-state index in [1.807, 2.05) is 29.2 Å². The molecule has 0 bridgehead atoms. The van der Waals surface area contributed by atoms with Crippen LogP contribution in [0.25, 0.3) is 6.08 Å². The molecule has 5 heteroatoms. The molecular formula is C31H39NO4. The van der Waals surface area contributed by atoms with Crippen LogP contribution in [0.1, 0.15) is 80.4 Å². The lowest BCUT2D eigenvalue weighted by atomic mass is 9.78. The zero-order valence-corrected chi connectivity index (χ0v) is 21.6. The number of carboxylic acids is 1. The van der Waals surface area contributed by atoms with Gasteiger partial charge in [-0.2, -0.15) is 0 Å². The van der Waals surface area contributed by atoms with E-state index in [2.05, 4.69) is 25.1 Å². The van der Waals surface area contributed by atoms with Crippen LogP contribution in [-0.2, 0) is 9.59 Å². The van der Waals surface area contributed by atoms with Crippen molar-refractivity contribution in [3.05, 3.63) is 65.2 Å². The highest BCUT2D eigenvalue weighted by Gasteiger charge is 2.31. The van der Waals surface area contributed by atoms with Gasteiger partial charge in [0.05, 0.1) is 7.11 Å². The summed E-state index contributed by atoms with van der Waals surface area (Å²) in [5.41, 5.74) is 4.25. The van der Waals surface area contributed by atoms with Crippen molar-refractivity contribution in [3.8, 4) is 5.75 Å². The number of carbonyl (C=O) groups excluding carboxylic acids is 1. The minimum absolute atomic E-state index is 0.0931. The summed E-state index contributed by atoms with van der Waals surface area (Å²) < 4.78 is 5.43. The minimum atomic E-state index is -0.973. The van der Waals surface area contributed by atoms with Crippen molar-refractivity contribution in [2.24, 2.45) is 11.8 Å². The predicted molar refractivity (Wildman–Crippen MR) is 144 cm³/mol. The van der Waals surface area contributed by atoms with E-state index in [-0.39, 0.29) is 11.8 Å². The molecule has 1 N–H and O–H groups in total. The van der Waals surface area contributed by atoms with Gasteiger partial charge in [-0.15, -0.1) is 0 Å². The number of hydrogen-bond acceptors (Lipinski definition) is 3. The van der Waals surface area contributed by atoms with Gasteiger partial charge in [0, 0.05) is 24.2 Å². The van der Waals surface area contributed by atoms with Gasteiger partial charge in [-0.1, -0.05) is 43.5 Å². The summed E-state index contributed by atoms with van der Waals surface area (Å²) >= 11 is 0. The molecule has 0 unspecified atom stereocenters. The quantitative estimate of drug-likeness (QED) is 0.406. The molecule has 36 heavy (non-hydrogen) atoms. The Balaban J connectivity index is 1.48. The van der Waals surface area contributed by atoms with E-state index in [0.717, 1.165) is 81.0 Å². The normalized spacial score (nSPS) is 20.8. The summed E-state index contributed by atoms with van der Waals surface area (Å²) in [6.07, 6.45) is 12.6. The molecule has 0 radical (unpaired) electrons. The molecule has 0 spiro atoms. The Labute approximate surface area is 215 Å². The van der Waals surface area contributed by atoms with Crippen molar-refractivity contribution in [2.75, 3.05) is 18.6 Å². The number of aryl methyl sites for hydroxylation is 1. The number of amides is 1. The molecule has 2 fully saturated rings. The van der Waals surface area contributed by atoms with Crippen molar-refractivity contribution in [1.82, 2.24) is 0 Å². The maximum absolute atomic E-state index is 13.7. The van der Waals surface area contributed by atoms with Crippen LogP contribution in [0.5, 0.6) is 5.75 Å². The molecule has 2 saturated carbocycles. The first-order valence-corrected chi connectivity index (χ1v) is 13.4. The molecule has 0 atom stereocenters. The van der Waals surface area contributed by atoms with Gasteiger partial charge in [-0.25, -0.2) is 4.79 Å². The molecule has 0 saturated heterocycles. The van der Waals surface area contributed by atoms with E-state index in [1.165, 1.54) is 17.5 Å². The van der Waals surface area contributed by atoms with Gasteiger partial charge in [0.25, 0.3) is 0 Å². The molecule has 2 aliphatic rings. The Morgan fingerprint density at radius 1 is 1.00 bits per heavy atom. The maximum Gasteiger partial charge on any atom is 0.328 e. The first-order valence-electron chi connectivity index (χ1n) is 13.4. The van der Waals surface area contributed by atoms with Crippen LogP contribution in [0.2, 0.25) is 0 Å². The summed E-state index contributed by atoms with van der Waals surface area (Å²) in [6.45, 7) is 2.83. The topological polar surface area (TPSA) is 66.8 Å². The van der Waals surface area contributed by atoms with Crippen molar-refractivity contribution in [3.63, 3.8) is 0 Å². The number of carbonyl (C=O) groups is 2. The molecule has 4 rings (SSSR count). The second-order valence-corrected chi connectivity index (χ2v) is 10.5. The zero-order valence-electron chi connectivity index (χ0n) is 21.6. The first-order chi connectivity index (χ1) is 17.4. The minimum Gasteiger partial charge on any atom is -0.496 e. The highest BCUT2D eigenvalue weighted by Crippen LogP contribution is 2.38. The fraction of sp³-hybridized carbons (Fsp3) is 0.484. The van der Waals surface area contributed by atoms with E-state index in [4.69, 9.17) is 9.84 Å². The third-order valence-electron chi connectivity index (χ3n) is 8.00. The molecule has 0 aromatic heterocycles. The van der Waals surface area contributed by atoms with Gasteiger partial charge in [0.2, 0.25) is 5.91 Å². The number of hydrogen-bond donors (Lipinski definition) is 1. The van der Waals surface area contributed by atoms with Crippen LogP contribution in [0.15, 0.2) is 48.5 Å². The van der Waals surface area contributed by atoms with Crippen LogP contribution in [-0.4, -0.2) is 30.6 Å². The van der Waals surface area contributed by atoms with Crippen molar-refractivity contribution in [1.29, 1.82) is 0 Å². The Morgan fingerprint density at radius 2 is 1.75 bits per heavy atom. The zero-order chi connectivity index (χ0) is 25.5. The van der Waals surface area contributed by atoms with E-state index in [0.29, 0.717) is 11.8 Å². The SMILES string of the molecule is COc1ccc([C@H]2CC[C@H](CN(C(=O)C3CCCCC3)c3cccc(C=CC(=O)O)c3)CC2)cc1C. The lowest BCUT2D eigenvalue weighted by Gasteiger charge is -2.35. The average molecular weight is 490 g/mol. The monoisotopic (exact) mass is 489 g/mol. The third kappa shape index (κ3) is 6.57. The summed E-state index contributed by atoms with van der Waals surface area (Å²) in [4.78, 5) is 26.7. The molecule has 5 nitrogen and oxygen atoms in total. The molecule has 2 aliphatic carbocycles. The Bertz CT molecular complexity index is 1080. The number of ether oxygens (including phenoxy) is 1. The van der Waals surface area contributed by atoms with Gasteiger partial charge in [-0.3, -0.25) is 4.79 Å². The lowest BCUT2D eigenvalue weighted by Crippen LogP contribution is -2.41. The Kier molecular flexibility index (Phi) is 8.84. The molecule has 192 valence electrons. The molecule has 2 aromatic carbocycles. The van der Waals surface area contributed by atoms with Crippen LogP contribution in [0.4, 0.5) is 5.69 Å². The third-order valence-corrected chi connectivity index (χ3v) is 8.00. The Hall–Kier alpha value is -3.08. The summed E-state index contributed by atoms with van der Waals surface area (Å²) in [5.74, 6) is 1.31. The highest BCUT2D eigenvalue weighted by molar-refractivity contribution is 5.95. The number of benzene rings is 2. The van der Waals surface area contributed by atoms with Gasteiger partial charge in [-0.05, 0) is 98.2 Å². The van der Waals surface area contributed by atoms with Gasteiger partial charge in [0.1, 0.15) is 5.75 Å². The highest BCUT2D eigenvalue weighted by atomic mass is 16.5. The fourth-order valence-electron chi connectivity index (χ4n) is 5.95. The number of aliphatic carboxylic acids is 1. The second-order valence-electron chi connectivity index (χ2n) is 10.5. The van der Waals surface area contributed by atoms with Crippen LogP contribution >= 0.6 is 0 Å². The van der Waals surface area contributed by atoms with Gasteiger partial charge < -0.3 is 14.7 Å². The van der Waals surface area contributed by atoms with Crippen LogP contribution in [0.3, 0.4) is 0 Å². The Morgan fingerprint density at radius 3 is 2.42 bits per heavy atom. The largest absolute Gasteiger partial charge is 0.496 e. The van der Waals surface area contributed by atoms with E-state index in [9.17, 15) is 9.59 Å². The van der Waals surface area contributed by atoms with E-state index >= 15 is 0 Å². The molecule has 1 amide bonds. The standard InChI is InChI=1S/C31H39NO4/c1-22-19-27(16-17-29(22)36-2)25-14-11-24(12-15-25)21-32(31(35)26-8-4-3-5-9-26)28-10-6-7-23(20-28)13-18-30(33)34/h6-7,10,13,16-20,24-26H,3-5,8-9,11-12,14-15,21H2,1-2H3,(H,33,34)/t24-,25-. The summed E-state index contributed by atoms with van der Waals surface area (Å²) in [6, 6.07) is 14.3. The van der Waals surface area contributed by atoms with Gasteiger partial charge in [0.15, 0.2) is 0 Å².